The SMILES string of the molecule is CCC(=O)Nc1ccc(CC2CC(=O)NC2=O)cc1. The van der Waals surface area contributed by atoms with Gasteiger partial charge in [0.05, 0.1) is 5.92 Å². The number of nitrogens with one attached hydrogen (secondary N) is 2. The van der Waals surface area contributed by atoms with E-state index in [1.165, 1.54) is 0 Å². The molecule has 5 nitrogen and oxygen atoms in total. The predicted molar refractivity (Wildman–Crippen MR) is 70.3 cm³/mol. The van der Waals surface area contributed by atoms with E-state index in [0.717, 1.165) is 11.3 Å². The summed E-state index contributed by atoms with van der Waals surface area (Å²) in [5.74, 6) is -0.715. The van der Waals surface area contributed by atoms with Crippen LogP contribution in [0.15, 0.2) is 24.3 Å². The van der Waals surface area contributed by atoms with Crippen LogP contribution in [0.2, 0.25) is 0 Å². The zero-order chi connectivity index (χ0) is 13.8. The fourth-order valence-electron chi connectivity index (χ4n) is 2.03. The molecule has 0 spiro atoms. The molecule has 1 heterocycles. The summed E-state index contributed by atoms with van der Waals surface area (Å²) < 4.78 is 0. The van der Waals surface area contributed by atoms with Crippen LogP contribution in [0.5, 0.6) is 0 Å². The van der Waals surface area contributed by atoms with Crippen molar-refractivity contribution in [2.24, 2.45) is 5.92 Å². The van der Waals surface area contributed by atoms with Gasteiger partial charge in [0.2, 0.25) is 17.7 Å². The molecule has 1 aliphatic heterocycles. The Hall–Kier alpha value is -2.17. The van der Waals surface area contributed by atoms with Crippen LogP contribution in [0.4, 0.5) is 5.69 Å². The number of anilines is 1. The lowest BCUT2D eigenvalue weighted by molar-refractivity contribution is -0.125. The third-order valence-electron chi connectivity index (χ3n) is 3.11. The minimum absolute atomic E-state index is 0.0338. The molecule has 1 aromatic carbocycles. The Kier molecular flexibility index (Phi) is 3.94. The zero-order valence-electron chi connectivity index (χ0n) is 10.7. The minimum atomic E-state index is -0.274. The van der Waals surface area contributed by atoms with Crippen molar-refractivity contribution in [3.05, 3.63) is 29.8 Å². The summed E-state index contributed by atoms with van der Waals surface area (Å²) in [5.41, 5.74) is 1.71. The molecule has 1 aromatic rings. The number of hydrogen-bond donors (Lipinski definition) is 2. The van der Waals surface area contributed by atoms with Crippen molar-refractivity contribution in [2.45, 2.75) is 26.2 Å². The number of imide groups is 1. The van der Waals surface area contributed by atoms with Crippen molar-refractivity contribution in [1.29, 1.82) is 0 Å². The molecule has 0 aromatic heterocycles. The second-order valence-corrected chi connectivity index (χ2v) is 4.62. The van der Waals surface area contributed by atoms with Crippen molar-refractivity contribution in [1.82, 2.24) is 5.32 Å². The van der Waals surface area contributed by atoms with Gasteiger partial charge in [-0.15, -0.1) is 0 Å². The molecule has 1 saturated heterocycles. The highest BCUT2D eigenvalue weighted by molar-refractivity contribution is 6.03. The quantitative estimate of drug-likeness (QED) is 0.800. The summed E-state index contributed by atoms with van der Waals surface area (Å²) in [7, 11) is 0. The first kappa shape index (κ1) is 13.3. The fraction of sp³-hybridized carbons (Fsp3) is 0.357. The highest BCUT2D eigenvalue weighted by atomic mass is 16.2. The van der Waals surface area contributed by atoms with Crippen molar-refractivity contribution in [3.63, 3.8) is 0 Å². The van der Waals surface area contributed by atoms with E-state index < -0.39 is 0 Å². The van der Waals surface area contributed by atoms with E-state index in [1.807, 2.05) is 12.1 Å². The molecule has 0 bridgehead atoms. The van der Waals surface area contributed by atoms with E-state index in [-0.39, 0.29) is 30.1 Å². The molecule has 3 amide bonds. The maximum absolute atomic E-state index is 11.5. The summed E-state index contributed by atoms with van der Waals surface area (Å²) in [5, 5.41) is 5.05. The van der Waals surface area contributed by atoms with E-state index in [1.54, 1.807) is 19.1 Å². The number of carbonyl (C=O) groups excluding carboxylic acids is 3. The lowest BCUT2D eigenvalue weighted by atomic mass is 9.98. The summed E-state index contributed by atoms with van der Waals surface area (Å²) in [6.07, 6.45) is 1.23. The summed E-state index contributed by atoms with van der Waals surface area (Å²) in [6.45, 7) is 1.79. The van der Waals surface area contributed by atoms with Crippen molar-refractivity contribution < 1.29 is 14.4 Å². The van der Waals surface area contributed by atoms with E-state index >= 15 is 0 Å². The third-order valence-corrected chi connectivity index (χ3v) is 3.11. The van der Waals surface area contributed by atoms with Gasteiger partial charge in [-0.05, 0) is 24.1 Å². The number of hydrogen-bond acceptors (Lipinski definition) is 3. The van der Waals surface area contributed by atoms with Gasteiger partial charge < -0.3 is 5.32 Å². The van der Waals surface area contributed by atoms with Crippen LogP contribution in [-0.4, -0.2) is 17.7 Å². The second-order valence-electron chi connectivity index (χ2n) is 4.62. The molecule has 1 atom stereocenters. The maximum atomic E-state index is 11.5. The normalized spacial score (nSPS) is 18.3. The molecule has 0 radical (unpaired) electrons. The second kappa shape index (κ2) is 5.65. The Labute approximate surface area is 111 Å². The monoisotopic (exact) mass is 260 g/mol. The molecular formula is C14H16N2O3. The molecule has 1 unspecified atom stereocenters. The number of benzene rings is 1. The first-order valence-corrected chi connectivity index (χ1v) is 6.31. The number of rotatable bonds is 4. The van der Waals surface area contributed by atoms with E-state index in [2.05, 4.69) is 10.6 Å². The highest BCUT2D eigenvalue weighted by Gasteiger charge is 2.30. The van der Waals surface area contributed by atoms with Crippen LogP contribution in [0, 0.1) is 5.92 Å². The van der Waals surface area contributed by atoms with Gasteiger partial charge in [-0.25, -0.2) is 0 Å². The molecule has 2 rings (SSSR count). The summed E-state index contributed by atoms with van der Waals surface area (Å²) in [4.78, 5) is 33.8. The first-order chi connectivity index (χ1) is 9.08. The molecular weight excluding hydrogens is 244 g/mol. The average molecular weight is 260 g/mol. The van der Waals surface area contributed by atoms with Crippen LogP contribution in [0.25, 0.3) is 0 Å². The average Bonchev–Trinajstić information content (AvgIpc) is 2.70. The fourth-order valence-corrected chi connectivity index (χ4v) is 2.03. The Balaban J connectivity index is 1.97. The summed E-state index contributed by atoms with van der Waals surface area (Å²) in [6, 6.07) is 7.33. The van der Waals surface area contributed by atoms with E-state index in [0.29, 0.717) is 12.8 Å². The van der Waals surface area contributed by atoms with Crippen LogP contribution in [-0.2, 0) is 20.8 Å². The molecule has 2 N–H and O–H groups in total. The summed E-state index contributed by atoms with van der Waals surface area (Å²) >= 11 is 0. The first-order valence-electron chi connectivity index (χ1n) is 6.31. The lowest BCUT2D eigenvalue weighted by Crippen LogP contribution is -2.22. The van der Waals surface area contributed by atoms with Crippen LogP contribution >= 0.6 is 0 Å². The Morgan fingerprint density at radius 1 is 1.32 bits per heavy atom. The zero-order valence-corrected chi connectivity index (χ0v) is 10.7. The van der Waals surface area contributed by atoms with Gasteiger partial charge >= 0.3 is 0 Å². The smallest absolute Gasteiger partial charge is 0.230 e. The molecule has 1 aliphatic rings. The van der Waals surface area contributed by atoms with Gasteiger partial charge in [-0.3, -0.25) is 19.7 Å². The van der Waals surface area contributed by atoms with Gasteiger partial charge in [0, 0.05) is 18.5 Å². The maximum Gasteiger partial charge on any atom is 0.230 e. The van der Waals surface area contributed by atoms with Gasteiger partial charge in [-0.2, -0.15) is 0 Å². The van der Waals surface area contributed by atoms with Crippen molar-refractivity contribution in [2.75, 3.05) is 5.32 Å². The van der Waals surface area contributed by atoms with Crippen molar-refractivity contribution in [3.8, 4) is 0 Å². The highest BCUT2D eigenvalue weighted by Crippen LogP contribution is 2.18. The van der Waals surface area contributed by atoms with E-state index in [9.17, 15) is 14.4 Å². The Morgan fingerprint density at radius 2 is 2.00 bits per heavy atom. The van der Waals surface area contributed by atoms with E-state index in [4.69, 9.17) is 0 Å². The lowest BCUT2D eigenvalue weighted by Gasteiger charge is -2.08. The largest absolute Gasteiger partial charge is 0.326 e. The number of carbonyl (C=O) groups is 3. The van der Waals surface area contributed by atoms with Gasteiger partial charge in [0.15, 0.2) is 0 Å². The predicted octanol–water partition coefficient (Wildman–Crippen LogP) is 1.24. The topological polar surface area (TPSA) is 75.3 Å². The Bertz CT molecular complexity index is 508. The Morgan fingerprint density at radius 3 is 2.53 bits per heavy atom. The van der Waals surface area contributed by atoms with Crippen molar-refractivity contribution >= 4 is 23.4 Å². The number of amides is 3. The minimum Gasteiger partial charge on any atom is -0.326 e. The van der Waals surface area contributed by atoms with Gasteiger partial charge in [-0.1, -0.05) is 19.1 Å². The standard InChI is InChI=1S/C14H16N2O3/c1-2-12(17)15-11-5-3-9(4-6-11)7-10-8-13(18)16-14(10)19/h3-6,10H,2,7-8H2,1H3,(H,15,17)(H,16,18,19). The molecule has 100 valence electrons. The van der Waals surface area contributed by atoms with Gasteiger partial charge in [0.1, 0.15) is 0 Å². The molecule has 19 heavy (non-hydrogen) atoms. The van der Waals surface area contributed by atoms with Crippen LogP contribution in [0.3, 0.4) is 0 Å². The molecule has 0 aliphatic carbocycles. The van der Waals surface area contributed by atoms with Crippen LogP contribution < -0.4 is 10.6 Å². The molecule has 5 heteroatoms. The van der Waals surface area contributed by atoms with Crippen LogP contribution in [0.1, 0.15) is 25.3 Å². The van der Waals surface area contributed by atoms with Gasteiger partial charge in [0.25, 0.3) is 0 Å². The molecule has 0 saturated carbocycles. The molecule has 1 fully saturated rings. The third kappa shape index (κ3) is 3.40.